The maximum atomic E-state index is 11.9. The average Bonchev–Trinajstić information content (AvgIpc) is 2.77. The van der Waals surface area contributed by atoms with E-state index in [1.165, 1.54) is 103 Å². The summed E-state index contributed by atoms with van der Waals surface area (Å²) < 4.78 is 0.445. The molecule has 0 aliphatic heterocycles. The van der Waals surface area contributed by atoms with Gasteiger partial charge in [0.05, 0.1) is 20.6 Å². The molecule has 6 heteroatoms. The third-order valence-electron chi connectivity index (χ3n) is 6.44. The number of nitrogens with one attached hydrogen (secondary N) is 1. The fourth-order valence-corrected chi connectivity index (χ4v) is 5.23. The number of carbonyl (C=O) groups excluding carboxylic acids is 1. The first-order valence-electron chi connectivity index (χ1n) is 14.3. The van der Waals surface area contributed by atoms with Gasteiger partial charge in [0.15, 0.2) is 6.54 Å². The molecule has 34 heavy (non-hydrogen) atoms. The van der Waals surface area contributed by atoms with E-state index in [-0.39, 0.29) is 12.5 Å². The van der Waals surface area contributed by atoms with Gasteiger partial charge in [0, 0.05) is 25.1 Å². The number of thioether (sulfide) groups is 1. The summed E-state index contributed by atoms with van der Waals surface area (Å²) >= 11 is 1.89. The van der Waals surface area contributed by atoms with Crippen LogP contribution in [0.4, 0.5) is 0 Å². The smallest absolute Gasteiger partial charge is 0.359 e. The van der Waals surface area contributed by atoms with Crippen LogP contribution in [0.25, 0.3) is 0 Å². The van der Waals surface area contributed by atoms with Crippen LogP contribution in [-0.2, 0) is 9.59 Å². The molecule has 0 fully saturated rings. The van der Waals surface area contributed by atoms with Crippen LogP contribution in [0.15, 0.2) is 0 Å². The maximum absolute atomic E-state index is 11.9. The number of unbranched alkanes of at least 4 members (excludes halogenated alkanes) is 15. The number of quaternary nitrogens is 1. The highest BCUT2D eigenvalue weighted by Crippen LogP contribution is 2.14. The standard InChI is InChI=1S/C28H56N2O3S/c1-4-5-6-7-8-9-10-11-12-13-14-15-16-17-18-19-24-34-25-21-27(31)29-22-20-23-30(2,3)26-28(32)33/h4-26H2,1-3H3,(H-,29,31,32,33)/p+1. The average molecular weight is 502 g/mol. The fraction of sp³-hybridized carbons (Fsp3) is 0.929. The van der Waals surface area contributed by atoms with Crippen molar-refractivity contribution in [2.75, 3.05) is 45.2 Å². The minimum Gasteiger partial charge on any atom is -0.477 e. The molecular weight excluding hydrogens is 444 g/mol. The zero-order valence-electron chi connectivity index (χ0n) is 22.9. The highest BCUT2D eigenvalue weighted by molar-refractivity contribution is 7.99. The van der Waals surface area contributed by atoms with Crippen LogP contribution < -0.4 is 5.32 Å². The van der Waals surface area contributed by atoms with E-state index in [1.54, 1.807) is 0 Å². The third-order valence-corrected chi connectivity index (χ3v) is 7.51. The van der Waals surface area contributed by atoms with Gasteiger partial charge in [0.1, 0.15) is 0 Å². The molecular formula is C28H57N2O3S+. The molecule has 5 nitrogen and oxygen atoms in total. The molecule has 0 bridgehead atoms. The molecule has 0 rings (SSSR count). The molecule has 0 saturated carbocycles. The first kappa shape index (κ1) is 33.2. The van der Waals surface area contributed by atoms with Gasteiger partial charge in [-0.1, -0.05) is 103 Å². The van der Waals surface area contributed by atoms with E-state index < -0.39 is 5.97 Å². The van der Waals surface area contributed by atoms with Crippen molar-refractivity contribution in [1.29, 1.82) is 0 Å². The highest BCUT2D eigenvalue weighted by atomic mass is 32.2. The zero-order chi connectivity index (χ0) is 25.3. The monoisotopic (exact) mass is 501 g/mol. The van der Waals surface area contributed by atoms with Gasteiger partial charge in [0.2, 0.25) is 5.91 Å². The number of hydrogen-bond acceptors (Lipinski definition) is 3. The second kappa shape index (κ2) is 24.0. The Hall–Kier alpha value is -0.750. The predicted molar refractivity (Wildman–Crippen MR) is 149 cm³/mol. The molecule has 202 valence electrons. The lowest BCUT2D eigenvalue weighted by Gasteiger charge is -2.27. The topological polar surface area (TPSA) is 66.4 Å². The maximum Gasteiger partial charge on any atom is 0.359 e. The number of likely N-dealkylation sites (N-methyl/N-ethyl adjacent to an activating group) is 1. The summed E-state index contributed by atoms with van der Waals surface area (Å²) in [5.41, 5.74) is 0. The van der Waals surface area contributed by atoms with Crippen molar-refractivity contribution >= 4 is 23.6 Å². The molecule has 0 saturated heterocycles. The van der Waals surface area contributed by atoms with Gasteiger partial charge >= 0.3 is 5.97 Å². The Bertz CT molecular complexity index is 486. The summed E-state index contributed by atoms with van der Waals surface area (Å²) in [5.74, 6) is 1.39. The Balaban J connectivity index is 3.26. The van der Waals surface area contributed by atoms with Gasteiger partial charge in [-0.3, -0.25) is 4.79 Å². The van der Waals surface area contributed by atoms with Crippen molar-refractivity contribution in [3.63, 3.8) is 0 Å². The Morgan fingerprint density at radius 1 is 0.706 bits per heavy atom. The van der Waals surface area contributed by atoms with Crippen molar-refractivity contribution in [2.45, 2.75) is 122 Å². The van der Waals surface area contributed by atoms with E-state index >= 15 is 0 Å². The number of nitrogens with zero attached hydrogens (tertiary/aromatic N) is 1. The Labute approximate surface area is 215 Å². The molecule has 1 amide bonds. The normalized spacial score (nSPS) is 11.6. The second-order valence-corrected chi connectivity index (χ2v) is 11.8. The number of aliphatic carboxylic acids is 1. The summed E-state index contributed by atoms with van der Waals surface area (Å²) in [5, 5.41) is 11.8. The minimum absolute atomic E-state index is 0.114. The molecule has 0 atom stereocenters. The molecule has 0 aromatic carbocycles. The van der Waals surface area contributed by atoms with Crippen LogP contribution >= 0.6 is 11.8 Å². The first-order chi connectivity index (χ1) is 16.4. The van der Waals surface area contributed by atoms with E-state index in [1.807, 2.05) is 25.9 Å². The molecule has 0 spiro atoms. The van der Waals surface area contributed by atoms with Gasteiger partial charge in [-0.15, -0.1) is 0 Å². The Kier molecular flexibility index (Phi) is 23.4. The first-order valence-corrected chi connectivity index (χ1v) is 15.4. The lowest BCUT2D eigenvalue weighted by Crippen LogP contribution is -2.45. The number of hydrogen-bond donors (Lipinski definition) is 2. The summed E-state index contributed by atoms with van der Waals surface area (Å²) in [6.45, 7) is 3.78. The highest BCUT2D eigenvalue weighted by Gasteiger charge is 2.18. The van der Waals surface area contributed by atoms with Gasteiger partial charge in [-0.05, 0) is 12.2 Å². The van der Waals surface area contributed by atoms with Gasteiger partial charge < -0.3 is 14.9 Å². The molecule has 0 unspecified atom stereocenters. The van der Waals surface area contributed by atoms with Crippen LogP contribution in [-0.4, -0.2) is 66.7 Å². The number of rotatable bonds is 26. The predicted octanol–water partition coefficient (Wildman–Crippen LogP) is 7.04. The Morgan fingerprint density at radius 2 is 1.18 bits per heavy atom. The quantitative estimate of drug-likeness (QED) is 0.0985. The van der Waals surface area contributed by atoms with E-state index in [2.05, 4.69) is 12.2 Å². The molecule has 0 aromatic heterocycles. The van der Waals surface area contributed by atoms with Crippen molar-refractivity contribution in [1.82, 2.24) is 5.32 Å². The largest absolute Gasteiger partial charge is 0.477 e. The van der Waals surface area contributed by atoms with E-state index in [4.69, 9.17) is 5.11 Å². The summed E-state index contributed by atoms with van der Waals surface area (Å²) in [4.78, 5) is 22.7. The van der Waals surface area contributed by atoms with E-state index in [9.17, 15) is 9.59 Å². The molecule has 0 heterocycles. The van der Waals surface area contributed by atoms with Gasteiger partial charge in [-0.25, -0.2) is 4.79 Å². The summed E-state index contributed by atoms with van der Waals surface area (Å²) in [7, 11) is 3.82. The zero-order valence-corrected chi connectivity index (χ0v) is 23.7. The van der Waals surface area contributed by atoms with E-state index in [0.717, 1.165) is 24.5 Å². The fourth-order valence-electron chi connectivity index (χ4n) is 4.29. The lowest BCUT2D eigenvalue weighted by molar-refractivity contribution is -0.883. The van der Waals surface area contributed by atoms with Crippen LogP contribution in [0.5, 0.6) is 0 Å². The van der Waals surface area contributed by atoms with Crippen molar-refractivity contribution in [3.8, 4) is 0 Å². The third kappa shape index (κ3) is 25.9. The van der Waals surface area contributed by atoms with Crippen LogP contribution in [0, 0.1) is 0 Å². The van der Waals surface area contributed by atoms with E-state index in [0.29, 0.717) is 17.4 Å². The van der Waals surface area contributed by atoms with Gasteiger partial charge in [0.25, 0.3) is 0 Å². The van der Waals surface area contributed by atoms with Gasteiger partial charge in [-0.2, -0.15) is 11.8 Å². The molecule has 0 aliphatic carbocycles. The van der Waals surface area contributed by atoms with Crippen molar-refractivity contribution in [2.24, 2.45) is 0 Å². The number of amides is 1. The molecule has 0 aromatic rings. The lowest BCUT2D eigenvalue weighted by atomic mass is 10.0. The van der Waals surface area contributed by atoms with Crippen LogP contribution in [0.2, 0.25) is 0 Å². The molecule has 0 radical (unpaired) electrons. The Morgan fingerprint density at radius 3 is 1.65 bits per heavy atom. The van der Waals surface area contributed by atoms with Crippen LogP contribution in [0.1, 0.15) is 122 Å². The number of carboxylic acid groups (broad SMARTS) is 1. The summed E-state index contributed by atoms with van der Waals surface area (Å²) in [6, 6.07) is 0. The molecule has 0 aliphatic rings. The second-order valence-electron chi connectivity index (χ2n) is 10.6. The van der Waals surface area contributed by atoms with Crippen LogP contribution in [0.3, 0.4) is 0 Å². The summed E-state index contributed by atoms with van der Waals surface area (Å²) in [6.07, 6.45) is 23.8. The SMILES string of the molecule is CCCCCCCCCCCCCCCCCCSCCC(=O)NCCC[N+](C)(C)CC(=O)O. The molecule has 2 N–H and O–H groups in total. The minimum atomic E-state index is -0.782. The number of carbonyl (C=O) groups is 2. The van der Waals surface area contributed by atoms with Crippen molar-refractivity contribution < 1.29 is 19.2 Å². The number of carboxylic acids is 1. The van der Waals surface area contributed by atoms with Crippen molar-refractivity contribution in [3.05, 3.63) is 0 Å².